The van der Waals surface area contributed by atoms with Gasteiger partial charge in [-0.25, -0.2) is 19.9 Å². The van der Waals surface area contributed by atoms with E-state index in [1.54, 1.807) is 42.3 Å². The molecule has 0 aliphatic carbocycles. The number of aromatic nitrogens is 5. The average molecular weight is 494 g/mol. The maximum atomic E-state index is 13.3. The van der Waals surface area contributed by atoms with Crippen molar-refractivity contribution in [1.29, 1.82) is 0 Å². The van der Waals surface area contributed by atoms with Gasteiger partial charge in [-0.1, -0.05) is 13.0 Å². The summed E-state index contributed by atoms with van der Waals surface area (Å²) in [5.74, 6) is 0.542. The molecule has 4 heterocycles. The molecule has 0 fully saturated rings. The van der Waals surface area contributed by atoms with Gasteiger partial charge in [0.25, 0.3) is 5.56 Å². The lowest BCUT2D eigenvalue weighted by molar-refractivity contribution is 0.127. The molecule has 0 saturated heterocycles. The van der Waals surface area contributed by atoms with Gasteiger partial charge in [0.05, 0.1) is 19.2 Å². The molecule has 0 aliphatic rings. The van der Waals surface area contributed by atoms with Crippen molar-refractivity contribution in [3.63, 3.8) is 0 Å². The van der Waals surface area contributed by atoms with Crippen LogP contribution in [-0.4, -0.2) is 57.9 Å². The molecule has 4 aromatic heterocycles. The molecule has 36 heavy (non-hydrogen) atoms. The van der Waals surface area contributed by atoms with E-state index in [2.05, 4.69) is 30.6 Å². The lowest BCUT2D eigenvalue weighted by atomic mass is 10.1. The minimum absolute atomic E-state index is 0.179. The quantitative estimate of drug-likeness (QED) is 0.226. The zero-order chi connectivity index (χ0) is 25.3. The average Bonchev–Trinajstić information content (AvgIpc) is 2.90. The van der Waals surface area contributed by atoms with Gasteiger partial charge in [-0.05, 0) is 30.7 Å². The molecule has 0 amide bonds. The van der Waals surface area contributed by atoms with Crippen LogP contribution < -0.4 is 20.9 Å². The number of ether oxygens (including phenoxy) is 2. The maximum Gasteiger partial charge on any atom is 0.293 e. The summed E-state index contributed by atoms with van der Waals surface area (Å²) in [4.78, 5) is 30.3. The van der Waals surface area contributed by atoms with Gasteiger partial charge < -0.3 is 20.1 Å². The Balaban J connectivity index is 1.58. The van der Waals surface area contributed by atoms with Crippen LogP contribution in [0.5, 0.6) is 5.88 Å². The zero-order valence-corrected chi connectivity index (χ0v) is 20.2. The van der Waals surface area contributed by atoms with E-state index < -0.39 is 5.95 Å². The Morgan fingerprint density at radius 2 is 1.83 bits per heavy atom. The molecule has 0 unspecified atom stereocenters. The highest BCUT2D eigenvalue weighted by Crippen LogP contribution is 2.23. The topological polar surface area (TPSA) is 116 Å². The Bertz CT molecular complexity index is 1360. The third-order valence-corrected chi connectivity index (χ3v) is 5.33. The molecule has 11 heteroatoms. The zero-order valence-electron chi connectivity index (χ0n) is 20.2. The highest BCUT2D eigenvalue weighted by Gasteiger charge is 2.13. The molecule has 0 aromatic carbocycles. The van der Waals surface area contributed by atoms with Gasteiger partial charge in [-0.15, -0.1) is 0 Å². The minimum Gasteiger partial charge on any atom is -0.481 e. The molecule has 188 valence electrons. The normalized spacial score (nSPS) is 11.0. The number of hydrogen-bond acceptors (Lipinski definition) is 9. The molecular weight excluding hydrogens is 465 g/mol. The van der Waals surface area contributed by atoms with Gasteiger partial charge in [-0.3, -0.25) is 9.36 Å². The molecule has 2 N–H and O–H groups in total. The van der Waals surface area contributed by atoms with Crippen molar-refractivity contribution < 1.29 is 13.9 Å². The lowest BCUT2D eigenvalue weighted by Crippen LogP contribution is -2.29. The molecule has 10 nitrogen and oxygen atoms in total. The van der Waals surface area contributed by atoms with Gasteiger partial charge in [0.2, 0.25) is 11.8 Å². The molecule has 0 aliphatic heterocycles. The lowest BCUT2D eigenvalue weighted by Gasteiger charge is -2.14. The molecule has 0 saturated carbocycles. The summed E-state index contributed by atoms with van der Waals surface area (Å²) >= 11 is 0. The van der Waals surface area contributed by atoms with Gasteiger partial charge in [0, 0.05) is 55.8 Å². The van der Waals surface area contributed by atoms with E-state index in [9.17, 15) is 9.18 Å². The largest absolute Gasteiger partial charge is 0.481 e. The van der Waals surface area contributed by atoms with Gasteiger partial charge in [0.15, 0.2) is 11.5 Å². The number of rotatable bonds is 12. The molecule has 4 rings (SSSR count). The highest BCUT2D eigenvalue weighted by atomic mass is 19.1. The Morgan fingerprint density at radius 3 is 2.58 bits per heavy atom. The van der Waals surface area contributed by atoms with Crippen molar-refractivity contribution in [1.82, 2.24) is 24.5 Å². The summed E-state index contributed by atoms with van der Waals surface area (Å²) in [7, 11) is 1.56. The standard InChI is InChI=1S/C25H28FN7O3/c1-3-12-36-13-11-33-19-14-18(17-7-8-22(35-2)29-15-17)16-30-23(19)32-24(25(33)34)28-10-9-27-21-6-4-5-20(26)31-21/h4-8,14-16H,3,9-13H2,1-2H3,(H,27,31)(H,28,30,32). The van der Waals surface area contributed by atoms with E-state index >= 15 is 0 Å². The highest BCUT2D eigenvalue weighted by molar-refractivity contribution is 5.78. The molecular formula is C25H28FN7O3. The van der Waals surface area contributed by atoms with Gasteiger partial charge >= 0.3 is 0 Å². The molecule has 0 bridgehead atoms. The van der Waals surface area contributed by atoms with E-state index in [4.69, 9.17) is 9.47 Å². The number of halogens is 1. The molecule has 0 spiro atoms. The van der Waals surface area contributed by atoms with Crippen LogP contribution in [0.15, 0.2) is 53.6 Å². The van der Waals surface area contributed by atoms with Crippen molar-refractivity contribution in [3.8, 4) is 17.0 Å². The summed E-state index contributed by atoms with van der Waals surface area (Å²) < 4.78 is 25.6. The van der Waals surface area contributed by atoms with Crippen molar-refractivity contribution in [2.45, 2.75) is 19.9 Å². The van der Waals surface area contributed by atoms with E-state index in [-0.39, 0.29) is 11.4 Å². The van der Waals surface area contributed by atoms with Crippen LogP contribution in [0.3, 0.4) is 0 Å². The molecule has 4 aromatic rings. The number of methoxy groups -OCH3 is 1. The van der Waals surface area contributed by atoms with E-state index in [1.165, 1.54) is 6.07 Å². The second kappa shape index (κ2) is 12.0. The number of nitrogens with one attached hydrogen (secondary N) is 2. The van der Waals surface area contributed by atoms with Crippen LogP contribution in [0.4, 0.5) is 16.0 Å². The Hall–Kier alpha value is -4.12. The third kappa shape index (κ3) is 6.11. The molecule has 0 atom stereocenters. The summed E-state index contributed by atoms with van der Waals surface area (Å²) in [6.07, 6.45) is 4.28. The summed E-state index contributed by atoms with van der Waals surface area (Å²) in [6.45, 7) is 4.16. The SMILES string of the molecule is CCCOCCn1c(=O)c(NCCNc2cccc(F)n2)nc2ncc(-c3ccc(OC)nc3)cc21. The van der Waals surface area contributed by atoms with Crippen LogP contribution in [-0.2, 0) is 11.3 Å². The Labute approximate surface area is 207 Å². The van der Waals surface area contributed by atoms with Gasteiger partial charge in [-0.2, -0.15) is 4.39 Å². The monoisotopic (exact) mass is 493 g/mol. The number of fused-ring (bicyclic) bond motifs is 1. The van der Waals surface area contributed by atoms with Crippen LogP contribution in [0.25, 0.3) is 22.3 Å². The van der Waals surface area contributed by atoms with Gasteiger partial charge in [0.1, 0.15) is 5.82 Å². The fourth-order valence-electron chi connectivity index (χ4n) is 3.57. The minimum atomic E-state index is -0.562. The predicted molar refractivity (Wildman–Crippen MR) is 136 cm³/mol. The van der Waals surface area contributed by atoms with Crippen LogP contribution in [0.2, 0.25) is 0 Å². The van der Waals surface area contributed by atoms with E-state index in [1.807, 2.05) is 19.1 Å². The van der Waals surface area contributed by atoms with Crippen molar-refractivity contribution in [2.75, 3.05) is 44.0 Å². The van der Waals surface area contributed by atoms with E-state index in [0.29, 0.717) is 55.7 Å². The van der Waals surface area contributed by atoms with Crippen LogP contribution in [0.1, 0.15) is 13.3 Å². The maximum absolute atomic E-state index is 13.3. The first kappa shape index (κ1) is 25.0. The number of anilines is 2. The number of pyridine rings is 3. The second-order valence-corrected chi connectivity index (χ2v) is 7.88. The third-order valence-electron chi connectivity index (χ3n) is 5.33. The first-order chi connectivity index (χ1) is 17.6. The first-order valence-corrected chi connectivity index (χ1v) is 11.7. The smallest absolute Gasteiger partial charge is 0.293 e. The number of nitrogens with zero attached hydrogens (tertiary/aromatic N) is 5. The summed E-state index contributed by atoms with van der Waals surface area (Å²) in [5, 5.41) is 6.07. The Morgan fingerprint density at radius 1 is 1.00 bits per heavy atom. The van der Waals surface area contributed by atoms with Crippen LogP contribution >= 0.6 is 0 Å². The fourth-order valence-corrected chi connectivity index (χ4v) is 3.57. The predicted octanol–water partition coefficient (Wildman–Crippen LogP) is 3.35. The fraction of sp³-hybridized carbons (Fsp3) is 0.320. The number of hydrogen-bond donors (Lipinski definition) is 2. The first-order valence-electron chi connectivity index (χ1n) is 11.7. The van der Waals surface area contributed by atoms with Crippen LogP contribution in [0, 0.1) is 5.95 Å². The van der Waals surface area contributed by atoms with Crippen molar-refractivity contribution in [2.24, 2.45) is 0 Å². The Kier molecular flexibility index (Phi) is 8.35. The summed E-state index contributed by atoms with van der Waals surface area (Å²) in [6, 6.07) is 10.0. The van der Waals surface area contributed by atoms with E-state index in [0.717, 1.165) is 17.5 Å². The second-order valence-electron chi connectivity index (χ2n) is 7.88. The van der Waals surface area contributed by atoms with Crippen molar-refractivity contribution >= 4 is 22.8 Å². The van der Waals surface area contributed by atoms with Crippen molar-refractivity contribution in [3.05, 3.63) is 65.1 Å². The molecule has 0 radical (unpaired) electrons. The summed E-state index contributed by atoms with van der Waals surface area (Å²) in [5.41, 5.74) is 2.39.